The van der Waals surface area contributed by atoms with Crippen LogP contribution in [0.1, 0.15) is 87.5 Å². The third-order valence-corrected chi connectivity index (χ3v) is 7.19. The SMILES string of the molecule is CCC1C(CCC(=O)CCc2ccc(C(C)C)cc2)=CC=C1CCC(=O)Cc1ccccc1C. The molecular formula is C32H40O2. The average molecular weight is 457 g/mol. The number of hydrogen-bond acceptors (Lipinski definition) is 2. The Labute approximate surface area is 206 Å². The summed E-state index contributed by atoms with van der Waals surface area (Å²) >= 11 is 0. The van der Waals surface area contributed by atoms with Gasteiger partial charge in [0.25, 0.3) is 0 Å². The van der Waals surface area contributed by atoms with Crippen molar-refractivity contribution >= 4 is 11.6 Å². The van der Waals surface area contributed by atoms with Crippen LogP contribution in [0.2, 0.25) is 0 Å². The zero-order valence-electron chi connectivity index (χ0n) is 21.4. The van der Waals surface area contributed by atoms with E-state index >= 15 is 0 Å². The summed E-state index contributed by atoms with van der Waals surface area (Å²) in [6.45, 7) is 8.66. The molecule has 180 valence electrons. The summed E-state index contributed by atoms with van der Waals surface area (Å²) in [6.07, 6.45) is 10.2. The van der Waals surface area contributed by atoms with Crippen molar-refractivity contribution in [3.05, 3.63) is 94.1 Å². The molecule has 2 nitrogen and oxygen atoms in total. The van der Waals surface area contributed by atoms with Crippen molar-refractivity contribution in [3.63, 3.8) is 0 Å². The average Bonchev–Trinajstić information content (AvgIpc) is 3.23. The van der Waals surface area contributed by atoms with Gasteiger partial charge in [-0.2, -0.15) is 0 Å². The number of aryl methyl sites for hydroxylation is 2. The molecule has 1 atom stereocenters. The normalized spacial score (nSPS) is 15.4. The minimum absolute atomic E-state index is 0.301. The number of carbonyl (C=O) groups is 2. The Morgan fingerprint density at radius 3 is 1.97 bits per heavy atom. The zero-order chi connectivity index (χ0) is 24.5. The number of rotatable bonds is 13. The lowest BCUT2D eigenvalue weighted by molar-refractivity contribution is -0.119. The lowest BCUT2D eigenvalue weighted by Gasteiger charge is -2.18. The van der Waals surface area contributed by atoms with Crippen molar-refractivity contribution in [1.82, 2.24) is 0 Å². The Hall–Kier alpha value is -2.74. The highest BCUT2D eigenvalue weighted by molar-refractivity contribution is 5.81. The van der Waals surface area contributed by atoms with Gasteiger partial charge in [-0.3, -0.25) is 9.59 Å². The first-order valence-corrected chi connectivity index (χ1v) is 12.9. The number of carbonyl (C=O) groups excluding carboxylic acids is 2. The highest BCUT2D eigenvalue weighted by Crippen LogP contribution is 2.35. The lowest BCUT2D eigenvalue weighted by atomic mass is 9.87. The summed E-state index contributed by atoms with van der Waals surface area (Å²) in [5.74, 6) is 1.56. The Balaban J connectivity index is 1.41. The molecule has 0 heterocycles. The second-order valence-corrected chi connectivity index (χ2v) is 10.0. The Kier molecular flexibility index (Phi) is 9.62. The molecule has 0 aromatic heterocycles. The van der Waals surface area contributed by atoms with Crippen LogP contribution in [0.3, 0.4) is 0 Å². The van der Waals surface area contributed by atoms with Gasteiger partial charge in [0.1, 0.15) is 11.6 Å². The van der Waals surface area contributed by atoms with Gasteiger partial charge in [0.05, 0.1) is 0 Å². The molecule has 1 unspecified atom stereocenters. The van der Waals surface area contributed by atoms with Gasteiger partial charge in [-0.25, -0.2) is 0 Å². The summed E-state index contributed by atoms with van der Waals surface area (Å²) in [7, 11) is 0. The van der Waals surface area contributed by atoms with Gasteiger partial charge in [-0.1, -0.05) is 92.6 Å². The van der Waals surface area contributed by atoms with E-state index in [1.54, 1.807) is 0 Å². The van der Waals surface area contributed by atoms with E-state index < -0.39 is 0 Å². The summed E-state index contributed by atoms with van der Waals surface area (Å²) in [5.41, 5.74) is 7.61. The predicted molar refractivity (Wildman–Crippen MR) is 142 cm³/mol. The van der Waals surface area contributed by atoms with Gasteiger partial charge in [0.15, 0.2) is 0 Å². The number of Topliss-reactive ketones (excluding diaryl/α,β-unsaturated/α-hetero) is 2. The summed E-state index contributed by atoms with van der Waals surface area (Å²) in [6, 6.07) is 16.8. The molecule has 1 aliphatic rings. The minimum Gasteiger partial charge on any atom is -0.300 e. The number of allylic oxidation sites excluding steroid dienone is 4. The fourth-order valence-corrected chi connectivity index (χ4v) is 4.88. The van der Waals surface area contributed by atoms with Crippen molar-refractivity contribution in [1.29, 1.82) is 0 Å². The standard InChI is InChI=1S/C32H40O2/c1-5-32-27(17-20-30(33)19-12-25-10-13-26(14-11-25)23(2)3)15-16-28(32)18-21-31(34)22-29-9-7-6-8-24(29)4/h6-11,13-16,23,32H,5,12,17-22H2,1-4H3. The fraction of sp³-hybridized carbons (Fsp3) is 0.438. The third-order valence-electron chi connectivity index (χ3n) is 7.19. The van der Waals surface area contributed by atoms with Crippen LogP contribution in [-0.2, 0) is 22.4 Å². The molecular weight excluding hydrogens is 416 g/mol. The van der Waals surface area contributed by atoms with Gasteiger partial charge < -0.3 is 0 Å². The van der Waals surface area contributed by atoms with E-state index in [0.29, 0.717) is 49.1 Å². The molecule has 0 saturated heterocycles. The Bertz CT molecular complexity index is 1040. The van der Waals surface area contributed by atoms with Crippen LogP contribution in [0.25, 0.3) is 0 Å². The van der Waals surface area contributed by atoms with Crippen LogP contribution in [0, 0.1) is 12.8 Å². The molecule has 0 saturated carbocycles. The van der Waals surface area contributed by atoms with Crippen molar-refractivity contribution in [2.24, 2.45) is 5.92 Å². The molecule has 0 spiro atoms. The lowest BCUT2D eigenvalue weighted by Crippen LogP contribution is -2.09. The third kappa shape index (κ3) is 7.38. The first-order chi connectivity index (χ1) is 16.4. The van der Waals surface area contributed by atoms with Gasteiger partial charge in [-0.15, -0.1) is 0 Å². The van der Waals surface area contributed by atoms with Crippen molar-refractivity contribution < 1.29 is 9.59 Å². The number of hydrogen-bond donors (Lipinski definition) is 0. The second kappa shape index (κ2) is 12.6. The molecule has 2 aromatic carbocycles. The maximum Gasteiger partial charge on any atom is 0.137 e. The van der Waals surface area contributed by atoms with E-state index in [1.165, 1.54) is 27.8 Å². The molecule has 0 fully saturated rings. The second-order valence-electron chi connectivity index (χ2n) is 10.0. The van der Waals surface area contributed by atoms with E-state index in [9.17, 15) is 9.59 Å². The molecule has 1 aliphatic carbocycles. The number of ketones is 2. The van der Waals surface area contributed by atoms with Crippen molar-refractivity contribution in [2.75, 3.05) is 0 Å². The maximum atomic E-state index is 12.6. The van der Waals surface area contributed by atoms with E-state index in [4.69, 9.17) is 0 Å². The van der Waals surface area contributed by atoms with Crippen LogP contribution in [0.5, 0.6) is 0 Å². The molecule has 0 N–H and O–H groups in total. The quantitative estimate of drug-likeness (QED) is 0.307. The number of benzene rings is 2. The zero-order valence-corrected chi connectivity index (χ0v) is 21.4. The van der Waals surface area contributed by atoms with Gasteiger partial charge in [-0.05, 0) is 60.8 Å². The predicted octanol–water partition coefficient (Wildman–Crippen LogP) is 7.88. The molecule has 3 rings (SSSR count). The van der Waals surface area contributed by atoms with Crippen LogP contribution < -0.4 is 0 Å². The van der Waals surface area contributed by atoms with Crippen molar-refractivity contribution in [2.45, 2.75) is 85.0 Å². The van der Waals surface area contributed by atoms with E-state index in [1.807, 2.05) is 18.2 Å². The molecule has 2 heteroatoms. The molecule has 34 heavy (non-hydrogen) atoms. The Morgan fingerprint density at radius 2 is 1.38 bits per heavy atom. The fourth-order valence-electron chi connectivity index (χ4n) is 4.88. The highest BCUT2D eigenvalue weighted by atomic mass is 16.1. The first-order valence-electron chi connectivity index (χ1n) is 12.9. The largest absolute Gasteiger partial charge is 0.300 e. The maximum absolute atomic E-state index is 12.6. The van der Waals surface area contributed by atoms with Crippen LogP contribution in [-0.4, -0.2) is 11.6 Å². The molecule has 2 aromatic rings. The summed E-state index contributed by atoms with van der Waals surface area (Å²) < 4.78 is 0. The van der Waals surface area contributed by atoms with Gasteiger partial charge >= 0.3 is 0 Å². The monoisotopic (exact) mass is 456 g/mol. The molecule has 0 amide bonds. The Morgan fingerprint density at radius 1 is 0.794 bits per heavy atom. The molecule has 0 radical (unpaired) electrons. The molecule has 0 bridgehead atoms. The van der Waals surface area contributed by atoms with E-state index in [-0.39, 0.29) is 0 Å². The topological polar surface area (TPSA) is 34.1 Å². The van der Waals surface area contributed by atoms with Crippen LogP contribution in [0.4, 0.5) is 0 Å². The van der Waals surface area contributed by atoms with Gasteiger partial charge in [0.2, 0.25) is 0 Å². The summed E-state index contributed by atoms with van der Waals surface area (Å²) in [4.78, 5) is 25.1. The van der Waals surface area contributed by atoms with E-state index in [0.717, 1.165) is 31.2 Å². The highest BCUT2D eigenvalue weighted by Gasteiger charge is 2.22. The summed E-state index contributed by atoms with van der Waals surface area (Å²) in [5, 5.41) is 0. The smallest absolute Gasteiger partial charge is 0.137 e. The minimum atomic E-state index is 0.301. The first kappa shape index (κ1) is 25.9. The van der Waals surface area contributed by atoms with Crippen LogP contribution in [0.15, 0.2) is 71.8 Å². The molecule has 0 aliphatic heterocycles. The van der Waals surface area contributed by atoms with Gasteiger partial charge in [0, 0.05) is 31.6 Å². The van der Waals surface area contributed by atoms with Crippen LogP contribution >= 0.6 is 0 Å². The van der Waals surface area contributed by atoms with E-state index in [2.05, 4.69) is 70.2 Å². The van der Waals surface area contributed by atoms with Crippen molar-refractivity contribution in [3.8, 4) is 0 Å².